The minimum Gasteiger partial charge on any atom is -0.339 e. The maximum Gasteiger partial charge on any atom is 0.262 e. The van der Waals surface area contributed by atoms with Crippen molar-refractivity contribution in [1.29, 1.82) is 0 Å². The molecule has 2 unspecified atom stereocenters. The average molecular weight is 391 g/mol. The Morgan fingerprint density at radius 1 is 1.15 bits per heavy atom. The first-order chi connectivity index (χ1) is 13.0. The van der Waals surface area contributed by atoms with E-state index in [0.717, 1.165) is 13.0 Å². The predicted octanol–water partition coefficient (Wildman–Crippen LogP) is 2.75. The Balaban J connectivity index is 1.74. The molecule has 2 aromatic rings. The summed E-state index contributed by atoms with van der Waals surface area (Å²) in [5.41, 5.74) is 1.18. The Morgan fingerprint density at radius 3 is 2.59 bits per heavy atom. The van der Waals surface area contributed by atoms with E-state index in [1.54, 1.807) is 22.1 Å². The van der Waals surface area contributed by atoms with Crippen LogP contribution in [-0.2, 0) is 17.1 Å². The maximum absolute atomic E-state index is 13.0. The zero-order valence-electron chi connectivity index (χ0n) is 16.2. The van der Waals surface area contributed by atoms with Gasteiger partial charge in [-0.3, -0.25) is 0 Å². The van der Waals surface area contributed by atoms with Crippen LogP contribution in [0.4, 0.5) is 0 Å². The number of aromatic nitrogens is 2. The molecule has 148 valence electrons. The summed E-state index contributed by atoms with van der Waals surface area (Å²) in [4.78, 5) is 4.06. The standard InChI is InChI=1S/C20H30N4O2S/c1-3-4-5-9-12-21-19-14-24(13-18(19)17-10-7-6-8-11-17)27(25,26)20-15-23(2)16-22-20/h6-8,10-11,15-16,18-19,21H,3-5,9,12-14H2,1-2H3. The number of unbranched alkanes of at least 4 members (excludes halogenated alkanes) is 3. The fourth-order valence-electron chi connectivity index (χ4n) is 3.70. The van der Waals surface area contributed by atoms with Gasteiger partial charge < -0.3 is 9.88 Å². The Kier molecular flexibility index (Phi) is 6.68. The Morgan fingerprint density at radius 2 is 1.93 bits per heavy atom. The van der Waals surface area contributed by atoms with Crippen molar-refractivity contribution in [2.45, 2.75) is 49.6 Å². The monoisotopic (exact) mass is 390 g/mol. The van der Waals surface area contributed by atoms with E-state index in [-0.39, 0.29) is 17.0 Å². The van der Waals surface area contributed by atoms with E-state index < -0.39 is 10.0 Å². The number of nitrogens with one attached hydrogen (secondary N) is 1. The second-order valence-electron chi connectivity index (χ2n) is 7.34. The zero-order valence-corrected chi connectivity index (χ0v) is 17.0. The molecule has 6 nitrogen and oxygen atoms in total. The minimum absolute atomic E-state index is 0.118. The van der Waals surface area contributed by atoms with Gasteiger partial charge in [-0.25, -0.2) is 13.4 Å². The van der Waals surface area contributed by atoms with E-state index in [2.05, 4.69) is 29.4 Å². The third-order valence-electron chi connectivity index (χ3n) is 5.24. The first-order valence-corrected chi connectivity index (χ1v) is 11.2. The third-order valence-corrected chi connectivity index (χ3v) is 6.95. The Labute approximate surface area is 162 Å². The average Bonchev–Trinajstić information content (AvgIpc) is 3.29. The van der Waals surface area contributed by atoms with E-state index in [0.29, 0.717) is 13.1 Å². The summed E-state index contributed by atoms with van der Waals surface area (Å²) in [6, 6.07) is 10.3. The number of aryl methyl sites for hydroxylation is 1. The van der Waals surface area contributed by atoms with Gasteiger partial charge in [-0.2, -0.15) is 4.31 Å². The Bertz CT molecular complexity index is 820. The van der Waals surface area contributed by atoms with Crippen molar-refractivity contribution in [1.82, 2.24) is 19.2 Å². The molecule has 1 fully saturated rings. The van der Waals surface area contributed by atoms with Crippen LogP contribution in [0.15, 0.2) is 47.9 Å². The first-order valence-electron chi connectivity index (χ1n) is 9.79. The molecule has 1 aromatic heterocycles. The number of benzene rings is 1. The van der Waals surface area contributed by atoms with Gasteiger partial charge in [0.25, 0.3) is 10.0 Å². The summed E-state index contributed by atoms with van der Waals surface area (Å²) in [5, 5.41) is 3.74. The fraction of sp³-hybridized carbons (Fsp3) is 0.550. The molecule has 27 heavy (non-hydrogen) atoms. The number of hydrogen-bond donors (Lipinski definition) is 1. The maximum atomic E-state index is 13.0. The zero-order chi connectivity index (χ0) is 19.3. The number of imidazole rings is 1. The first kappa shape index (κ1) is 20.0. The normalized spacial score (nSPS) is 21.0. The molecule has 1 aromatic carbocycles. The van der Waals surface area contributed by atoms with Crippen LogP contribution < -0.4 is 5.32 Å². The van der Waals surface area contributed by atoms with Crippen molar-refractivity contribution < 1.29 is 8.42 Å². The molecule has 1 aliphatic heterocycles. The number of sulfonamides is 1. The molecule has 3 rings (SSSR count). The molecular formula is C20H30N4O2S. The number of nitrogens with zero attached hydrogens (tertiary/aromatic N) is 3. The molecule has 0 saturated carbocycles. The van der Waals surface area contributed by atoms with E-state index in [1.165, 1.54) is 31.2 Å². The molecule has 2 atom stereocenters. The highest BCUT2D eigenvalue weighted by Crippen LogP contribution is 2.31. The van der Waals surface area contributed by atoms with Crippen molar-refractivity contribution in [2.75, 3.05) is 19.6 Å². The largest absolute Gasteiger partial charge is 0.339 e. The van der Waals surface area contributed by atoms with Gasteiger partial charge in [0.15, 0.2) is 5.03 Å². The number of rotatable bonds is 9. The van der Waals surface area contributed by atoms with Gasteiger partial charge in [0.1, 0.15) is 0 Å². The lowest BCUT2D eigenvalue weighted by Crippen LogP contribution is -2.37. The highest BCUT2D eigenvalue weighted by molar-refractivity contribution is 7.89. The van der Waals surface area contributed by atoms with Crippen molar-refractivity contribution in [2.24, 2.45) is 7.05 Å². The lowest BCUT2D eigenvalue weighted by atomic mass is 9.94. The van der Waals surface area contributed by atoms with Crippen molar-refractivity contribution >= 4 is 10.0 Å². The summed E-state index contributed by atoms with van der Waals surface area (Å²) in [7, 11) is -1.79. The quantitative estimate of drug-likeness (QED) is 0.669. The van der Waals surface area contributed by atoms with Crippen molar-refractivity contribution in [3.05, 3.63) is 48.4 Å². The van der Waals surface area contributed by atoms with E-state index in [9.17, 15) is 8.42 Å². The second-order valence-corrected chi connectivity index (χ2v) is 9.22. The van der Waals surface area contributed by atoms with Gasteiger partial charge in [0.2, 0.25) is 0 Å². The smallest absolute Gasteiger partial charge is 0.262 e. The minimum atomic E-state index is -3.57. The molecule has 1 N–H and O–H groups in total. The summed E-state index contributed by atoms with van der Waals surface area (Å²) in [6.07, 6.45) is 7.89. The summed E-state index contributed by atoms with van der Waals surface area (Å²) < 4.78 is 29.3. The van der Waals surface area contributed by atoms with Crippen LogP contribution in [0.2, 0.25) is 0 Å². The van der Waals surface area contributed by atoms with Crippen LogP contribution in [0.1, 0.15) is 44.1 Å². The molecule has 0 radical (unpaired) electrons. The van der Waals surface area contributed by atoms with Gasteiger partial charge in [-0.05, 0) is 18.5 Å². The molecule has 1 aliphatic rings. The summed E-state index contributed by atoms with van der Waals surface area (Å²) >= 11 is 0. The predicted molar refractivity (Wildman–Crippen MR) is 107 cm³/mol. The topological polar surface area (TPSA) is 67.2 Å². The molecule has 0 amide bonds. The number of hydrogen-bond acceptors (Lipinski definition) is 4. The molecule has 2 heterocycles. The van der Waals surface area contributed by atoms with Gasteiger partial charge in [-0.15, -0.1) is 0 Å². The molecule has 0 aliphatic carbocycles. The molecule has 0 bridgehead atoms. The molecular weight excluding hydrogens is 360 g/mol. The summed E-state index contributed by atoms with van der Waals surface area (Å²) in [5.74, 6) is 0.149. The molecule has 0 spiro atoms. The van der Waals surface area contributed by atoms with E-state index in [1.807, 2.05) is 18.2 Å². The highest BCUT2D eigenvalue weighted by Gasteiger charge is 2.40. The highest BCUT2D eigenvalue weighted by atomic mass is 32.2. The van der Waals surface area contributed by atoms with Crippen LogP contribution in [0, 0.1) is 0 Å². The summed E-state index contributed by atoms with van der Waals surface area (Å²) in [6.45, 7) is 4.09. The van der Waals surface area contributed by atoms with Crippen molar-refractivity contribution in [3.63, 3.8) is 0 Å². The Hall–Kier alpha value is -1.70. The SMILES string of the molecule is CCCCCCNC1CN(S(=O)(=O)c2cn(C)cn2)CC1c1ccccc1. The second kappa shape index (κ2) is 8.99. The van der Waals surface area contributed by atoms with Gasteiger partial charge in [0.05, 0.1) is 6.33 Å². The van der Waals surface area contributed by atoms with Crippen LogP contribution in [0.25, 0.3) is 0 Å². The van der Waals surface area contributed by atoms with Gasteiger partial charge >= 0.3 is 0 Å². The lowest BCUT2D eigenvalue weighted by molar-refractivity contribution is 0.450. The van der Waals surface area contributed by atoms with Crippen LogP contribution in [-0.4, -0.2) is 48.0 Å². The van der Waals surface area contributed by atoms with Crippen LogP contribution in [0.5, 0.6) is 0 Å². The van der Waals surface area contributed by atoms with Gasteiger partial charge in [-0.1, -0.05) is 56.5 Å². The lowest BCUT2D eigenvalue weighted by Gasteiger charge is -2.20. The van der Waals surface area contributed by atoms with E-state index in [4.69, 9.17) is 0 Å². The fourth-order valence-corrected chi connectivity index (χ4v) is 5.16. The molecule has 7 heteroatoms. The molecule has 1 saturated heterocycles. The van der Waals surface area contributed by atoms with Crippen molar-refractivity contribution in [3.8, 4) is 0 Å². The van der Waals surface area contributed by atoms with E-state index >= 15 is 0 Å². The third kappa shape index (κ3) is 4.78. The van der Waals surface area contributed by atoms with Crippen LogP contribution in [0.3, 0.4) is 0 Å². The van der Waals surface area contributed by atoms with Crippen LogP contribution >= 0.6 is 0 Å². The van der Waals surface area contributed by atoms with Gasteiger partial charge in [0, 0.05) is 38.3 Å².